The van der Waals surface area contributed by atoms with Gasteiger partial charge in [0.25, 0.3) is 11.2 Å². The van der Waals surface area contributed by atoms with Gasteiger partial charge in [-0.3, -0.25) is 24.3 Å². The van der Waals surface area contributed by atoms with Crippen molar-refractivity contribution < 1.29 is 9.72 Å². The maximum Gasteiger partial charge on any atom is 0.283 e. The second kappa shape index (κ2) is 6.47. The average molecular weight is 343 g/mol. The van der Waals surface area contributed by atoms with Crippen molar-refractivity contribution in [3.63, 3.8) is 0 Å². The molecule has 0 fully saturated rings. The molecular weight excluding hydrogens is 330 g/mol. The van der Waals surface area contributed by atoms with Crippen molar-refractivity contribution in [1.29, 1.82) is 0 Å². The van der Waals surface area contributed by atoms with Crippen LogP contribution in [0.25, 0.3) is 11.2 Å². The second-order valence-corrected chi connectivity index (χ2v) is 5.11. The molecule has 3 rings (SSSR count). The van der Waals surface area contributed by atoms with Crippen LogP contribution in [-0.2, 0) is 17.9 Å². The predicted molar refractivity (Wildman–Crippen MR) is 87.0 cm³/mol. The number of nitrogens with one attached hydrogen (secondary N) is 1. The van der Waals surface area contributed by atoms with Crippen LogP contribution < -0.4 is 10.9 Å². The van der Waals surface area contributed by atoms with Gasteiger partial charge in [-0.25, -0.2) is 9.67 Å². The first-order valence-corrected chi connectivity index (χ1v) is 7.32. The summed E-state index contributed by atoms with van der Waals surface area (Å²) in [6.45, 7) is 2.10. The zero-order chi connectivity index (χ0) is 18.0. The van der Waals surface area contributed by atoms with E-state index in [2.05, 4.69) is 20.6 Å². The molecule has 1 N–H and O–H groups in total. The van der Waals surface area contributed by atoms with Crippen LogP contribution in [0.15, 0.2) is 35.4 Å². The molecular formula is C14H13N7O4. The van der Waals surface area contributed by atoms with Gasteiger partial charge >= 0.3 is 0 Å². The van der Waals surface area contributed by atoms with Crippen molar-refractivity contribution in [3.8, 4) is 0 Å². The number of non-ortho nitro benzene ring substituents is 1. The highest BCUT2D eigenvalue weighted by Gasteiger charge is 2.13. The minimum atomic E-state index is -0.532. The van der Waals surface area contributed by atoms with Crippen molar-refractivity contribution in [2.24, 2.45) is 0 Å². The number of carbonyl (C=O) groups is 1. The quantitative estimate of drug-likeness (QED) is 0.527. The number of fused-ring (bicyclic) bond motifs is 1. The molecule has 0 saturated heterocycles. The first-order chi connectivity index (χ1) is 12.0. The molecule has 0 aliphatic heterocycles. The van der Waals surface area contributed by atoms with Gasteiger partial charge in [0.2, 0.25) is 5.91 Å². The van der Waals surface area contributed by atoms with E-state index in [0.29, 0.717) is 17.9 Å². The maximum absolute atomic E-state index is 12.3. The van der Waals surface area contributed by atoms with Crippen LogP contribution in [0.1, 0.15) is 6.92 Å². The van der Waals surface area contributed by atoms with Gasteiger partial charge < -0.3 is 5.32 Å². The van der Waals surface area contributed by atoms with Crippen LogP contribution in [0.2, 0.25) is 0 Å². The molecule has 0 radical (unpaired) electrons. The number of carbonyl (C=O) groups excluding carboxylic acids is 1. The van der Waals surface area contributed by atoms with E-state index in [1.54, 1.807) is 0 Å². The van der Waals surface area contributed by atoms with Crippen LogP contribution in [0, 0.1) is 10.1 Å². The summed E-state index contributed by atoms with van der Waals surface area (Å²) in [7, 11) is 0. The summed E-state index contributed by atoms with van der Waals surface area (Å²) in [4.78, 5) is 38.6. The van der Waals surface area contributed by atoms with E-state index in [1.807, 2.05) is 6.92 Å². The van der Waals surface area contributed by atoms with Gasteiger partial charge in [0.15, 0.2) is 11.2 Å². The van der Waals surface area contributed by atoms with E-state index < -0.39 is 16.4 Å². The zero-order valence-electron chi connectivity index (χ0n) is 13.1. The topological polar surface area (TPSA) is 138 Å². The van der Waals surface area contributed by atoms with E-state index in [-0.39, 0.29) is 17.7 Å². The molecule has 3 aromatic rings. The summed E-state index contributed by atoms with van der Waals surface area (Å²) in [6.07, 6.45) is 1.26. The Morgan fingerprint density at radius 1 is 1.32 bits per heavy atom. The van der Waals surface area contributed by atoms with Crippen LogP contribution in [-0.4, -0.2) is 35.4 Å². The molecule has 128 valence electrons. The number of nitro benzene ring substituents is 1. The molecule has 1 amide bonds. The van der Waals surface area contributed by atoms with Gasteiger partial charge in [0.05, 0.1) is 4.92 Å². The lowest BCUT2D eigenvalue weighted by atomic mass is 10.3. The SMILES string of the molecule is CCn1nnc2c(=O)n(CC(=O)Nc3ccc([N+](=O)[O-])cc3)cnc21. The van der Waals surface area contributed by atoms with Crippen molar-refractivity contribution >= 4 is 28.4 Å². The van der Waals surface area contributed by atoms with E-state index in [4.69, 9.17) is 0 Å². The second-order valence-electron chi connectivity index (χ2n) is 5.11. The molecule has 2 aromatic heterocycles. The van der Waals surface area contributed by atoms with Gasteiger partial charge in [-0.1, -0.05) is 5.21 Å². The third-order valence-electron chi connectivity index (χ3n) is 3.47. The lowest BCUT2D eigenvalue weighted by molar-refractivity contribution is -0.384. The lowest BCUT2D eigenvalue weighted by Gasteiger charge is -2.07. The zero-order valence-corrected chi connectivity index (χ0v) is 13.1. The molecule has 0 atom stereocenters. The minimum absolute atomic E-state index is 0.0807. The molecule has 25 heavy (non-hydrogen) atoms. The van der Waals surface area contributed by atoms with Gasteiger partial charge in [-0.15, -0.1) is 5.10 Å². The monoisotopic (exact) mass is 343 g/mol. The number of hydrogen-bond donors (Lipinski definition) is 1. The summed E-state index contributed by atoms with van der Waals surface area (Å²) >= 11 is 0. The Morgan fingerprint density at radius 3 is 2.68 bits per heavy atom. The number of benzene rings is 1. The lowest BCUT2D eigenvalue weighted by Crippen LogP contribution is -2.28. The third-order valence-corrected chi connectivity index (χ3v) is 3.47. The maximum atomic E-state index is 12.3. The summed E-state index contributed by atoms with van der Waals surface area (Å²) in [5.74, 6) is -0.472. The highest BCUT2D eigenvalue weighted by molar-refractivity contribution is 5.90. The number of anilines is 1. The molecule has 0 aliphatic carbocycles. The summed E-state index contributed by atoms with van der Waals surface area (Å²) < 4.78 is 2.61. The first kappa shape index (κ1) is 16.2. The van der Waals surface area contributed by atoms with Gasteiger partial charge in [0.1, 0.15) is 12.9 Å². The molecule has 11 nitrogen and oxygen atoms in total. The standard InChI is InChI=1S/C14H13N7O4/c1-2-20-13-12(17-18-20)14(23)19(8-15-13)7-11(22)16-9-3-5-10(6-4-9)21(24)25/h3-6,8H,2,7H2,1H3,(H,16,22). The largest absolute Gasteiger partial charge is 0.325 e. The summed E-state index contributed by atoms with van der Waals surface area (Å²) in [6, 6.07) is 5.37. The molecule has 0 saturated carbocycles. The fourth-order valence-electron chi connectivity index (χ4n) is 2.23. The molecule has 0 aliphatic rings. The average Bonchev–Trinajstić information content (AvgIpc) is 3.01. The minimum Gasteiger partial charge on any atom is -0.325 e. The van der Waals surface area contributed by atoms with Gasteiger partial charge in [-0.2, -0.15) is 0 Å². The van der Waals surface area contributed by atoms with Crippen LogP contribution in [0.4, 0.5) is 11.4 Å². The number of aryl methyl sites for hydroxylation is 1. The Hall–Kier alpha value is -3.63. The Kier molecular flexibility index (Phi) is 4.20. The van der Waals surface area contributed by atoms with E-state index >= 15 is 0 Å². The highest BCUT2D eigenvalue weighted by Crippen LogP contribution is 2.15. The Balaban J connectivity index is 1.76. The van der Waals surface area contributed by atoms with Crippen molar-refractivity contribution in [1.82, 2.24) is 24.5 Å². The van der Waals surface area contributed by atoms with Gasteiger partial charge in [0, 0.05) is 24.4 Å². The molecule has 11 heteroatoms. The van der Waals surface area contributed by atoms with Crippen molar-refractivity contribution in [3.05, 3.63) is 51.1 Å². The number of hydrogen-bond acceptors (Lipinski definition) is 7. The van der Waals surface area contributed by atoms with Crippen molar-refractivity contribution in [2.75, 3.05) is 5.32 Å². The molecule has 0 spiro atoms. The number of nitrogens with zero attached hydrogens (tertiary/aromatic N) is 6. The molecule has 0 unspecified atom stereocenters. The number of aromatic nitrogens is 5. The Morgan fingerprint density at radius 2 is 2.04 bits per heavy atom. The van der Waals surface area contributed by atoms with E-state index in [0.717, 1.165) is 4.57 Å². The fourth-order valence-corrected chi connectivity index (χ4v) is 2.23. The summed E-state index contributed by atoms with van der Waals surface area (Å²) in [5.41, 5.74) is 0.285. The van der Waals surface area contributed by atoms with Crippen molar-refractivity contribution in [2.45, 2.75) is 20.0 Å². The van der Waals surface area contributed by atoms with E-state index in [1.165, 1.54) is 35.3 Å². The molecule has 1 aromatic carbocycles. The van der Waals surface area contributed by atoms with Gasteiger partial charge in [-0.05, 0) is 19.1 Å². The van der Waals surface area contributed by atoms with Crippen LogP contribution >= 0.6 is 0 Å². The normalized spacial score (nSPS) is 10.8. The van der Waals surface area contributed by atoms with Crippen LogP contribution in [0.3, 0.4) is 0 Å². The third kappa shape index (κ3) is 3.20. The Bertz CT molecular complexity index is 1010. The van der Waals surface area contributed by atoms with Crippen LogP contribution in [0.5, 0.6) is 0 Å². The highest BCUT2D eigenvalue weighted by atomic mass is 16.6. The summed E-state index contributed by atoms with van der Waals surface area (Å²) in [5, 5.41) is 20.8. The Labute approximate surface area is 140 Å². The first-order valence-electron chi connectivity index (χ1n) is 7.32. The number of rotatable bonds is 5. The number of amides is 1. The predicted octanol–water partition coefficient (Wildman–Crippen LogP) is 0.555. The smallest absolute Gasteiger partial charge is 0.283 e. The fraction of sp³-hybridized carbons (Fsp3) is 0.214. The van der Waals surface area contributed by atoms with E-state index in [9.17, 15) is 19.7 Å². The number of nitro groups is 1. The molecule has 0 bridgehead atoms. The molecule has 2 heterocycles.